The molecule has 1 saturated heterocycles. The molecule has 15 nitrogen and oxygen atoms in total. The summed E-state index contributed by atoms with van der Waals surface area (Å²) in [5.74, 6) is -1.18. The molecule has 0 spiro atoms. The second-order valence-electron chi connectivity index (χ2n) is 16.6. The number of hydrogen-bond acceptors (Lipinski definition) is 11. The van der Waals surface area contributed by atoms with Gasteiger partial charge in [-0.1, -0.05) is 31.1 Å². The minimum Gasteiger partial charge on any atom is -0.496 e. The SMILES string of the molecule is C=C[C@H]1C[C@]1(NC(=O)[C@@H]1C[C@@H]2CN1C(=O)[C@H](C1CCCC1)NC(=O)O[C@@H]1CCC[C@H]1C/C=C/c1cc3c(cc(OCC)nc3cc1OC)O2)C(=O)NS(=O)(=O)C1CC1. The Morgan fingerprint density at radius 1 is 1.07 bits per heavy atom. The maximum absolute atomic E-state index is 14.9. The van der Waals surface area contributed by atoms with Crippen LogP contribution in [-0.2, 0) is 29.1 Å². The lowest BCUT2D eigenvalue weighted by Crippen LogP contribution is -2.59. The lowest BCUT2D eigenvalue weighted by molar-refractivity contribution is -0.142. The predicted molar refractivity (Wildman–Crippen MR) is 213 cm³/mol. The first-order valence-corrected chi connectivity index (χ1v) is 22.2. The molecule has 5 fully saturated rings. The number of allylic oxidation sites excluding steroid dienone is 1. The van der Waals surface area contributed by atoms with Crippen molar-refractivity contribution in [1.29, 1.82) is 0 Å². The van der Waals surface area contributed by atoms with E-state index in [1.54, 1.807) is 13.2 Å². The van der Waals surface area contributed by atoms with Gasteiger partial charge in [-0.3, -0.25) is 19.1 Å². The van der Waals surface area contributed by atoms with Gasteiger partial charge in [0.05, 0.1) is 31.0 Å². The fourth-order valence-corrected chi connectivity index (χ4v) is 10.7. The van der Waals surface area contributed by atoms with Gasteiger partial charge in [-0.25, -0.2) is 18.2 Å². The number of nitrogens with one attached hydrogen (secondary N) is 3. The molecule has 16 heteroatoms. The summed E-state index contributed by atoms with van der Waals surface area (Å²) in [6, 6.07) is 3.35. The molecule has 4 bridgehead atoms. The number of carbonyl (C=O) groups is 4. The third kappa shape index (κ3) is 7.95. The Morgan fingerprint density at radius 2 is 1.84 bits per heavy atom. The van der Waals surface area contributed by atoms with Crippen LogP contribution in [0.15, 0.2) is 36.9 Å². The fourth-order valence-electron chi connectivity index (χ4n) is 9.36. The number of sulfonamides is 1. The number of carbonyl (C=O) groups excluding carboxylic acids is 4. The summed E-state index contributed by atoms with van der Waals surface area (Å²) in [5, 5.41) is 5.82. The first kappa shape index (κ1) is 39.9. The monoisotopic (exact) mass is 819 g/mol. The Labute approximate surface area is 338 Å². The molecule has 1 aromatic carbocycles. The lowest BCUT2D eigenvalue weighted by Gasteiger charge is -2.32. The third-order valence-electron chi connectivity index (χ3n) is 12.8. The van der Waals surface area contributed by atoms with Gasteiger partial charge >= 0.3 is 6.09 Å². The topological polar surface area (TPSA) is 192 Å². The highest BCUT2D eigenvalue weighted by molar-refractivity contribution is 7.91. The van der Waals surface area contributed by atoms with E-state index in [1.165, 1.54) is 11.0 Å². The molecule has 3 N–H and O–H groups in total. The minimum atomic E-state index is -3.91. The van der Waals surface area contributed by atoms with Crippen molar-refractivity contribution < 1.29 is 46.5 Å². The van der Waals surface area contributed by atoms with Crippen LogP contribution in [0.2, 0.25) is 0 Å². The quantitative estimate of drug-likeness (QED) is 0.286. The molecular weight excluding hydrogens is 767 g/mol. The molecule has 58 heavy (non-hydrogen) atoms. The van der Waals surface area contributed by atoms with Crippen LogP contribution in [0.1, 0.15) is 89.5 Å². The van der Waals surface area contributed by atoms with Crippen LogP contribution >= 0.6 is 0 Å². The number of amides is 4. The highest BCUT2D eigenvalue weighted by Crippen LogP contribution is 2.46. The second-order valence-corrected chi connectivity index (χ2v) is 18.6. The van der Waals surface area contributed by atoms with Crippen LogP contribution in [0.5, 0.6) is 17.4 Å². The van der Waals surface area contributed by atoms with Crippen LogP contribution < -0.4 is 29.6 Å². The first-order chi connectivity index (χ1) is 27.9. The number of aromatic nitrogens is 1. The molecule has 2 aliphatic heterocycles. The molecule has 312 valence electrons. The van der Waals surface area contributed by atoms with E-state index in [4.69, 9.17) is 23.9 Å². The smallest absolute Gasteiger partial charge is 0.408 e. The molecule has 0 unspecified atom stereocenters. The van der Waals surface area contributed by atoms with E-state index >= 15 is 0 Å². The molecule has 1 aromatic heterocycles. The first-order valence-electron chi connectivity index (χ1n) is 20.7. The zero-order valence-electron chi connectivity index (χ0n) is 33.1. The van der Waals surface area contributed by atoms with Crippen molar-refractivity contribution in [1.82, 2.24) is 25.2 Å². The fraction of sp³-hybridized carbons (Fsp3) is 0.595. The average molecular weight is 820 g/mol. The van der Waals surface area contributed by atoms with Crippen LogP contribution in [0.3, 0.4) is 0 Å². The average Bonchev–Trinajstić information content (AvgIpc) is 3.99. The molecule has 3 heterocycles. The van der Waals surface area contributed by atoms with E-state index in [0.29, 0.717) is 73.4 Å². The van der Waals surface area contributed by atoms with Gasteiger partial charge < -0.3 is 34.5 Å². The second kappa shape index (κ2) is 16.1. The molecule has 4 amide bonds. The van der Waals surface area contributed by atoms with Crippen molar-refractivity contribution in [2.24, 2.45) is 17.8 Å². The number of pyridine rings is 1. The summed E-state index contributed by atoms with van der Waals surface area (Å²) in [6.07, 6.45) is 11.3. The van der Waals surface area contributed by atoms with Crippen LogP contribution in [0.4, 0.5) is 4.79 Å². The number of hydrogen-bond donors (Lipinski definition) is 3. The Balaban J connectivity index is 1.17. The summed E-state index contributed by atoms with van der Waals surface area (Å²) in [6.45, 7) is 6.00. The van der Waals surface area contributed by atoms with Gasteiger partial charge in [-0.15, -0.1) is 6.58 Å². The van der Waals surface area contributed by atoms with Gasteiger partial charge in [0.2, 0.25) is 27.7 Å². The van der Waals surface area contributed by atoms with Crippen molar-refractivity contribution in [2.45, 2.75) is 119 Å². The molecule has 7 atom stereocenters. The number of ether oxygens (including phenoxy) is 4. The van der Waals surface area contributed by atoms with E-state index in [2.05, 4.69) is 28.0 Å². The van der Waals surface area contributed by atoms with Crippen molar-refractivity contribution in [3.8, 4) is 17.4 Å². The third-order valence-corrected chi connectivity index (χ3v) is 14.6. The van der Waals surface area contributed by atoms with Gasteiger partial charge in [0.15, 0.2) is 0 Å². The Bertz CT molecular complexity index is 2120. The normalized spacial score (nSPS) is 30.6. The van der Waals surface area contributed by atoms with Crippen LogP contribution in [-0.4, -0.2) is 97.5 Å². The maximum atomic E-state index is 14.9. The predicted octanol–water partition coefficient (Wildman–Crippen LogP) is 4.53. The van der Waals surface area contributed by atoms with Gasteiger partial charge in [0, 0.05) is 35.4 Å². The number of benzene rings is 1. The Morgan fingerprint density at radius 3 is 2.55 bits per heavy atom. The van der Waals surface area contributed by atoms with Crippen molar-refractivity contribution >= 4 is 50.8 Å². The number of alkyl carbamates (subject to hydrolysis) is 1. The van der Waals surface area contributed by atoms with E-state index < -0.39 is 68.7 Å². The molecule has 8 rings (SSSR count). The number of fused-ring (bicyclic) bond motifs is 4. The van der Waals surface area contributed by atoms with Gasteiger partial charge in [-0.2, -0.15) is 0 Å². The molecule has 4 saturated carbocycles. The molecule has 0 radical (unpaired) electrons. The van der Waals surface area contributed by atoms with Crippen molar-refractivity contribution in [3.05, 3.63) is 42.5 Å². The minimum absolute atomic E-state index is 0.0155. The number of nitrogens with zero attached hydrogens (tertiary/aromatic N) is 2. The molecule has 2 aromatic rings. The summed E-state index contributed by atoms with van der Waals surface area (Å²) in [5.41, 5.74) is -0.202. The van der Waals surface area contributed by atoms with Crippen LogP contribution in [0, 0.1) is 17.8 Å². The summed E-state index contributed by atoms with van der Waals surface area (Å²) < 4.78 is 52.2. The van der Waals surface area contributed by atoms with Gasteiger partial charge in [0.25, 0.3) is 5.91 Å². The standard InChI is InChI=1S/C42H53N5O10S/c1-4-27-22-42(27,40(50)46-58(52,53)29-16-17-29)45-38(48)32-19-28-23-47(32)39(49)37(25-10-6-7-11-25)44-41(51)57-33-15-9-13-24(33)12-8-14-26-18-30-31(20-34(26)54-3)43-36(55-5-2)21-35(30)56-28/h4,8,14,18,20-21,24-25,27-29,32-33,37H,1,5-7,9-13,15-17,19,22-23H2,2-3H3,(H,44,51)(H,45,48)(H,46,50)/b14-8+/t24-,27+,28-,32+,33-,37+,42-/m1/s1. The van der Waals surface area contributed by atoms with Crippen molar-refractivity contribution in [2.75, 3.05) is 20.3 Å². The number of methoxy groups -OCH3 is 1. The largest absolute Gasteiger partial charge is 0.496 e. The summed E-state index contributed by atoms with van der Waals surface area (Å²) in [4.78, 5) is 63.0. The Kier molecular flexibility index (Phi) is 11.1. The highest BCUT2D eigenvalue weighted by atomic mass is 32.2. The van der Waals surface area contributed by atoms with Crippen LogP contribution in [0.25, 0.3) is 17.0 Å². The molecular formula is C42H53N5O10S. The Hall–Kier alpha value is -4.86. The summed E-state index contributed by atoms with van der Waals surface area (Å²) in [7, 11) is -2.32. The van der Waals surface area contributed by atoms with Gasteiger partial charge in [-0.05, 0) is 82.6 Å². The summed E-state index contributed by atoms with van der Waals surface area (Å²) >= 11 is 0. The highest BCUT2D eigenvalue weighted by Gasteiger charge is 2.62. The molecule has 4 aliphatic carbocycles. The number of rotatable bonds is 10. The van der Waals surface area contributed by atoms with Gasteiger partial charge in [0.1, 0.15) is 41.3 Å². The lowest BCUT2D eigenvalue weighted by atomic mass is 9.96. The zero-order chi connectivity index (χ0) is 40.8. The van der Waals surface area contributed by atoms with E-state index in [9.17, 15) is 27.6 Å². The van der Waals surface area contributed by atoms with E-state index in [1.807, 2.05) is 25.1 Å². The zero-order valence-corrected chi connectivity index (χ0v) is 33.9. The van der Waals surface area contributed by atoms with E-state index in [-0.39, 0.29) is 37.3 Å². The van der Waals surface area contributed by atoms with E-state index in [0.717, 1.165) is 31.2 Å². The van der Waals surface area contributed by atoms with Crippen molar-refractivity contribution in [3.63, 3.8) is 0 Å². The maximum Gasteiger partial charge on any atom is 0.408 e. The molecule has 6 aliphatic rings.